The summed E-state index contributed by atoms with van der Waals surface area (Å²) >= 11 is 1.46. The molecule has 0 saturated heterocycles. The van der Waals surface area contributed by atoms with Crippen LogP contribution in [0.5, 0.6) is 11.5 Å². The molecule has 1 amide bonds. The van der Waals surface area contributed by atoms with Crippen LogP contribution in [0.15, 0.2) is 34.7 Å². The van der Waals surface area contributed by atoms with Gasteiger partial charge in [0.2, 0.25) is 5.91 Å². The molecule has 0 bridgehead atoms. The summed E-state index contributed by atoms with van der Waals surface area (Å²) in [5, 5.41) is 16.8. The number of carbonyl (C=O) groups excluding carboxylic acids is 1. The number of rotatable bonds is 7. The highest BCUT2D eigenvalue weighted by Crippen LogP contribution is 2.33. The molecule has 24 heavy (non-hydrogen) atoms. The van der Waals surface area contributed by atoms with Crippen LogP contribution in [0.4, 0.5) is 5.69 Å². The smallest absolute Gasteiger partial charge is 0.282 e. The number of nitro groups is 1. The Kier molecular flexibility index (Phi) is 5.85. The molecule has 1 aromatic heterocycles. The lowest BCUT2D eigenvalue weighted by atomic mass is 10.1. The highest BCUT2D eigenvalue weighted by Gasteiger charge is 2.18. The van der Waals surface area contributed by atoms with Gasteiger partial charge in [0.1, 0.15) is 0 Å². The fourth-order valence-corrected chi connectivity index (χ4v) is 2.63. The molecule has 0 aliphatic rings. The molecule has 0 atom stereocenters. The molecule has 1 aromatic carbocycles. The molecular formula is C15H15N3O5S. The molecule has 0 saturated carbocycles. The van der Waals surface area contributed by atoms with Crippen LogP contribution in [0.3, 0.4) is 0 Å². The van der Waals surface area contributed by atoms with Crippen molar-refractivity contribution in [2.24, 2.45) is 5.10 Å². The minimum Gasteiger partial charge on any atom is -0.493 e. The third-order valence-electron chi connectivity index (χ3n) is 3.04. The number of thiophene rings is 1. The average Bonchev–Trinajstić information content (AvgIpc) is 3.06. The first-order valence-corrected chi connectivity index (χ1v) is 7.67. The van der Waals surface area contributed by atoms with Crippen molar-refractivity contribution in [2.75, 3.05) is 14.2 Å². The van der Waals surface area contributed by atoms with E-state index in [1.54, 1.807) is 0 Å². The number of amides is 1. The normalized spacial score (nSPS) is 10.6. The van der Waals surface area contributed by atoms with Crippen molar-refractivity contribution in [3.8, 4) is 11.5 Å². The van der Waals surface area contributed by atoms with E-state index in [-0.39, 0.29) is 29.3 Å². The fraction of sp³-hybridized carbons (Fsp3) is 0.200. The summed E-state index contributed by atoms with van der Waals surface area (Å²) in [5.74, 6) is 0.259. The van der Waals surface area contributed by atoms with E-state index < -0.39 is 4.92 Å². The van der Waals surface area contributed by atoms with E-state index >= 15 is 0 Å². The minimum absolute atomic E-state index is 0.189. The van der Waals surface area contributed by atoms with Gasteiger partial charge in [-0.2, -0.15) is 5.10 Å². The first kappa shape index (κ1) is 17.4. The Morgan fingerprint density at radius 3 is 2.67 bits per heavy atom. The Bertz CT molecular complexity index is 759. The zero-order valence-corrected chi connectivity index (χ0v) is 13.8. The quantitative estimate of drug-likeness (QED) is 0.469. The summed E-state index contributed by atoms with van der Waals surface area (Å²) in [4.78, 5) is 23.2. The van der Waals surface area contributed by atoms with Gasteiger partial charge in [0.25, 0.3) is 5.69 Å². The topological polar surface area (TPSA) is 103 Å². The molecule has 2 aromatic rings. The number of methoxy groups -OCH3 is 2. The SMILES string of the molecule is COc1cc(/C=N/NC(=O)Cc2cccs2)c([N+](=O)[O-])cc1OC. The van der Waals surface area contributed by atoms with Crippen LogP contribution in [-0.4, -0.2) is 31.3 Å². The molecule has 0 radical (unpaired) electrons. The van der Waals surface area contributed by atoms with Crippen LogP contribution in [0.1, 0.15) is 10.4 Å². The maximum absolute atomic E-state index is 11.7. The molecule has 2 rings (SSSR count). The predicted octanol–water partition coefficient (Wildman–Crippen LogP) is 2.37. The molecule has 126 valence electrons. The highest BCUT2D eigenvalue weighted by atomic mass is 32.1. The average molecular weight is 349 g/mol. The second-order valence-corrected chi connectivity index (χ2v) is 5.60. The number of nitro benzene ring substituents is 1. The van der Waals surface area contributed by atoms with Gasteiger partial charge in [-0.05, 0) is 17.5 Å². The number of carbonyl (C=O) groups is 1. The van der Waals surface area contributed by atoms with Crippen LogP contribution >= 0.6 is 11.3 Å². The number of nitrogens with one attached hydrogen (secondary N) is 1. The summed E-state index contributed by atoms with van der Waals surface area (Å²) in [5.41, 5.74) is 2.33. The summed E-state index contributed by atoms with van der Waals surface area (Å²) in [7, 11) is 2.81. The van der Waals surface area contributed by atoms with Gasteiger partial charge in [-0.25, -0.2) is 5.43 Å². The Hall–Kier alpha value is -2.94. The summed E-state index contributed by atoms with van der Waals surface area (Å²) in [6, 6.07) is 6.36. The molecule has 9 heteroatoms. The Morgan fingerprint density at radius 2 is 2.08 bits per heavy atom. The van der Waals surface area contributed by atoms with Crippen molar-refractivity contribution in [3.05, 3.63) is 50.2 Å². The van der Waals surface area contributed by atoms with E-state index in [1.165, 1.54) is 43.9 Å². The molecule has 0 fully saturated rings. The first-order chi connectivity index (χ1) is 11.5. The number of benzene rings is 1. The molecule has 1 heterocycles. The number of hydrogen-bond donors (Lipinski definition) is 1. The van der Waals surface area contributed by atoms with Crippen molar-refractivity contribution in [1.82, 2.24) is 5.43 Å². The van der Waals surface area contributed by atoms with Crippen molar-refractivity contribution in [2.45, 2.75) is 6.42 Å². The van der Waals surface area contributed by atoms with Crippen LogP contribution in [0.2, 0.25) is 0 Å². The summed E-state index contributed by atoms with van der Waals surface area (Å²) in [6.07, 6.45) is 1.40. The maximum atomic E-state index is 11.7. The van der Waals surface area contributed by atoms with E-state index in [9.17, 15) is 14.9 Å². The van der Waals surface area contributed by atoms with Gasteiger partial charge < -0.3 is 9.47 Å². The minimum atomic E-state index is -0.559. The Morgan fingerprint density at radius 1 is 1.38 bits per heavy atom. The molecule has 8 nitrogen and oxygen atoms in total. The summed E-state index contributed by atoms with van der Waals surface area (Å²) in [6.45, 7) is 0. The second kappa shape index (κ2) is 8.06. The Balaban J connectivity index is 2.15. The van der Waals surface area contributed by atoms with Gasteiger partial charge in [-0.3, -0.25) is 14.9 Å². The van der Waals surface area contributed by atoms with E-state index in [1.807, 2.05) is 17.5 Å². The van der Waals surface area contributed by atoms with Crippen LogP contribution in [-0.2, 0) is 11.2 Å². The molecular weight excluding hydrogens is 334 g/mol. The van der Waals surface area contributed by atoms with Gasteiger partial charge in [-0.1, -0.05) is 6.07 Å². The molecule has 0 aliphatic heterocycles. The van der Waals surface area contributed by atoms with Crippen molar-refractivity contribution in [1.29, 1.82) is 0 Å². The van der Waals surface area contributed by atoms with Crippen LogP contribution < -0.4 is 14.9 Å². The highest BCUT2D eigenvalue weighted by molar-refractivity contribution is 7.10. The van der Waals surface area contributed by atoms with Gasteiger partial charge in [0, 0.05) is 4.88 Å². The maximum Gasteiger partial charge on any atom is 0.282 e. The first-order valence-electron chi connectivity index (χ1n) is 6.80. The lowest BCUT2D eigenvalue weighted by molar-refractivity contribution is -0.385. The molecule has 0 spiro atoms. The zero-order chi connectivity index (χ0) is 17.5. The lowest BCUT2D eigenvalue weighted by Gasteiger charge is -2.08. The Labute approximate surface area is 141 Å². The van der Waals surface area contributed by atoms with Crippen molar-refractivity contribution >= 4 is 29.1 Å². The standard InChI is InChI=1S/C15H15N3O5S/c1-22-13-6-10(12(18(20)21)8-14(13)23-2)9-16-17-15(19)7-11-4-3-5-24-11/h3-6,8-9H,7H2,1-2H3,(H,17,19)/b16-9+. The van der Waals surface area contributed by atoms with Crippen LogP contribution in [0, 0.1) is 10.1 Å². The number of ether oxygens (including phenoxy) is 2. The van der Waals surface area contributed by atoms with Gasteiger partial charge in [-0.15, -0.1) is 11.3 Å². The predicted molar refractivity (Wildman–Crippen MR) is 90.0 cm³/mol. The van der Waals surface area contributed by atoms with Crippen LogP contribution in [0.25, 0.3) is 0 Å². The number of nitrogens with zero attached hydrogens (tertiary/aromatic N) is 2. The molecule has 1 N–H and O–H groups in total. The van der Waals surface area contributed by atoms with E-state index in [0.29, 0.717) is 5.75 Å². The van der Waals surface area contributed by atoms with E-state index in [0.717, 1.165) is 4.88 Å². The van der Waals surface area contributed by atoms with E-state index in [4.69, 9.17) is 9.47 Å². The number of hydrazone groups is 1. The van der Waals surface area contributed by atoms with E-state index in [2.05, 4.69) is 10.5 Å². The number of hydrogen-bond acceptors (Lipinski definition) is 7. The molecule has 0 unspecified atom stereocenters. The monoisotopic (exact) mass is 349 g/mol. The fourth-order valence-electron chi connectivity index (χ4n) is 1.93. The summed E-state index contributed by atoms with van der Waals surface area (Å²) < 4.78 is 10.2. The van der Waals surface area contributed by atoms with Crippen molar-refractivity contribution < 1.29 is 19.2 Å². The molecule has 0 aliphatic carbocycles. The van der Waals surface area contributed by atoms with Gasteiger partial charge in [0.05, 0.1) is 43.4 Å². The third kappa shape index (κ3) is 4.29. The zero-order valence-electron chi connectivity index (χ0n) is 13.0. The van der Waals surface area contributed by atoms with Gasteiger partial charge in [0.15, 0.2) is 11.5 Å². The lowest BCUT2D eigenvalue weighted by Crippen LogP contribution is -2.19. The van der Waals surface area contributed by atoms with Crippen molar-refractivity contribution in [3.63, 3.8) is 0 Å². The van der Waals surface area contributed by atoms with Gasteiger partial charge >= 0.3 is 0 Å². The largest absolute Gasteiger partial charge is 0.493 e. The second-order valence-electron chi connectivity index (χ2n) is 4.57. The third-order valence-corrected chi connectivity index (χ3v) is 3.91.